The van der Waals surface area contributed by atoms with E-state index in [0.717, 1.165) is 5.56 Å². The Hall–Kier alpha value is -2.82. The van der Waals surface area contributed by atoms with E-state index in [1.54, 1.807) is 25.1 Å². The Kier molecular flexibility index (Phi) is 5.14. The number of benzene rings is 2. The predicted octanol–water partition coefficient (Wildman–Crippen LogP) is 2.63. The molecular weight excluding hydrogens is 280 g/mol. The Bertz CT molecular complexity index is 669. The van der Waals surface area contributed by atoms with Gasteiger partial charge in [0.2, 0.25) is 0 Å². The van der Waals surface area contributed by atoms with Crippen LogP contribution in [0.25, 0.3) is 0 Å². The molecular formula is C17H18N2O3. The summed E-state index contributed by atoms with van der Waals surface area (Å²) < 4.78 is 5.56. The summed E-state index contributed by atoms with van der Waals surface area (Å²) in [6.07, 6.45) is -0.784. The van der Waals surface area contributed by atoms with Crippen molar-refractivity contribution in [1.82, 2.24) is 0 Å². The van der Waals surface area contributed by atoms with Crippen LogP contribution in [0.1, 0.15) is 18.1 Å². The topological polar surface area (TPSA) is 73.9 Å². The first kappa shape index (κ1) is 15.6. The van der Waals surface area contributed by atoms with Gasteiger partial charge < -0.3 is 15.3 Å². The first-order valence-electron chi connectivity index (χ1n) is 6.90. The molecule has 2 N–H and O–H groups in total. The summed E-state index contributed by atoms with van der Waals surface area (Å²) in [7, 11) is 0. The molecule has 0 aliphatic carbocycles. The summed E-state index contributed by atoms with van der Waals surface area (Å²) in [4.78, 5) is 16.7. The third-order valence-electron chi connectivity index (χ3n) is 3.03. The number of carbonyl (C=O) groups is 1. The minimum atomic E-state index is -0.784. The fourth-order valence-electron chi connectivity index (χ4n) is 1.76. The molecule has 2 aromatic carbocycles. The molecule has 0 aliphatic rings. The van der Waals surface area contributed by atoms with Crippen LogP contribution in [-0.2, 0) is 9.63 Å². The van der Waals surface area contributed by atoms with Crippen molar-refractivity contribution in [2.24, 2.45) is 10.9 Å². The number of amidine groups is 1. The van der Waals surface area contributed by atoms with Crippen LogP contribution in [0.15, 0.2) is 59.8 Å². The van der Waals surface area contributed by atoms with Gasteiger partial charge in [-0.1, -0.05) is 53.7 Å². The fraction of sp³-hybridized carbons (Fsp3) is 0.176. The van der Waals surface area contributed by atoms with E-state index in [2.05, 4.69) is 5.16 Å². The Morgan fingerprint density at radius 1 is 1.09 bits per heavy atom. The largest absolute Gasteiger partial charge is 0.479 e. The number of hydrogen-bond donors (Lipinski definition) is 1. The van der Waals surface area contributed by atoms with Crippen molar-refractivity contribution in [2.45, 2.75) is 20.0 Å². The van der Waals surface area contributed by atoms with Crippen molar-refractivity contribution >= 4 is 11.8 Å². The van der Waals surface area contributed by atoms with Crippen molar-refractivity contribution in [3.63, 3.8) is 0 Å². The molecule has 0 bridgehead atoms. The van der Waals surface area contributed by atoms with Gasteiger partial charge in [0.1, 0.15) is 5.75 Å². The van der Waals surface area contributed by atoms with Crippen LogP contribution in [0.5, 0.6) is 5.75 Å². The summed E-state index contributed by atoms with van der Waals surface area (Å²) in [5.41, 5.74) is 7.37. The van der Waals surface area contributed by atoms with Crippen molar-refractivity contribution < 1.29 is 14.4 Å². The molecule has 2 aromatic rings. The molecule has 0 unspecified atom stereocenters. The standard InChI is InChI=1S/C17H18N2O3/c1-12-8-6-7-11-15(12)21-13(2)17(20)22-19-16(18)14-9-4-3-5-10-14/h3-11,13H,1-2H3,(H2,18,19)/t13-/m1/s1. The molecule has 0 radical (unpaired) electrons. The van der Waals surface area contributed by atoms with E-state index in [-0.39, 0.29) is 5.84 Å². The first-order valence-corrected chi connectivity index (χ1v) is 6.90. The number of oxime groups is 1. The molecule has 0 saturated carbocycles. The van der Waals surface area contributed by atoms with Gasteiger partial charge in [-0.05, 0) is 25.5 Å². The molecule has 0 spiro atoms. The summed E-state index contributed by atoms with van der Waals surface area (Å²) in [6, 6.07) is 16.5. The highest BCUT2D eigenvalue weighted by atomic mass is 16.7. The van der Waals surface area contributed by atoms with Gasteiger partial charge in [0.15, 0.2) is 11.9 Å². The zero-order chi connectivity index (χ0) is 15.9. The molecule has 5 heteroatoms. The third-order valence-corrected chi connectivity index (χ3v) is 3.03. The molecule has 22 heavy (non-hydrogen) atoms. The molecule has 1 atom stereocenters. The van der Waals surface area contributed by atoms with Crippen molar-refractivity contribution in [3.05, 3.63) is 65.7 Å². The summed E-state index contributed by atoms with van der Waals surface area (Å²) in [5.74, 6) is 0.158. The van der Waals surface area contributed by atoms with Crippen molar-refractivity contribution in [1.29, 1.82) is 0 Å². The number of hydrogen-bond acceptors (Lipinski definition) is 4. The maximum Gasteiger partial charge on any atom is 0.374 e. The fourth-order valence-corrected chi connectivity index (χ4v) is 1.76. The van der Waals surface area contributed by atoms with Crippen LogP contribution in [0.2, 0.25) is 0 Å². The molecule has 0 aromatic heterocycles. The maximum absolute atomic E-state index is 11.9. The molecule has 2 rings (SSSR count). The number of carbonyl (C=O) groups excluding carboxylic acids is 1. The molecule has 0 saturated heterocycles. The molecule has 5 nitrogen and oxygen atoms in total. The van der Waals surface area contributed by atoms with E-state index in [1.165, 1.54) is 0 Å². The van der Waals surface area contributed by atoms with Gasteiger partial charge in [0.25, 0.3) is 0 Å². The number of rotatable bonds is 5. The number of nitrogens with zero attached hydrogens (tertiary/aromatic N) is 1. The van der Waals surface area contributed by atoms with Crippen LogP contribution in [0.4, 0.5) is 0 Å². The molecule has 114 valence electrons. The number of aryl methyl sites for hydroxylation is 1. The second-order valence-electron chi connectivity index (χ2n) is 4.78. The molecule has 0 aliphatic heterocycles. The smallest absolute Gasteiger partial charge is 0.374 e. The predicted molar refractivity (Wildman–Crippen MR) is 84.5 cm³/mol. The number of ether oxygens (including phenoxy) is 1. The zero-order valence-corrected chi connectivity index (χ0v) is 12.5. The molecule has 0 fully saturated rings. The average Bonchev–Trinajstić information content (AvgIpc) is 2.55. The normalized spacial score (nSPS) is 12.5. The Morgan fingerprint density at radius 3 is 2.41 bits per heavy atom. The lowest BCUT2D eigenvalue weighted by Gasteiger charge is -2.13. The van der Waals surface area contributed by atoms with Crippen LogP contribution in [-0.4, -0.2) is 17.9 Å². The van der Waals surface area contributed by atoms with Crippen LogP contribution < -0.4 is 10.5 Å². The molecule has 0 heterocycles. The Labute approximate surface area is 129 Å². The third kappa shape index (κ3) is 4.09. The van der Waals surface area contributed by atoms with Gasteiger partial charge in [-0.2, -0.15) is 0 Å². The second-order valence-corrected chi connectivity index (χ2v) is 4.78. The van der Waals surface area contributed by atoms with Crippen LogP contribution in [0.3, 0.4) is 0 Å². The number of para-hydroxylation sites is 1. The van der Waals surface area contributed by atoms with E-state index >= 15 is 0 Å². The van der Waals surface area contributed by atoms with E-state index in [9.17, 15) is 4.79 Å². The summed E-state index contributed by atoms with van der Waals surface area (Å²) in [6.45, 7) is 3.50. The minimum absolute atomic E-state index is 0.136. The summed E-state index contributed by atoms with van der Waals surface area (Å²) >= 11 is 0. The summed E-state index contributed by atoms with van der Waals surface area (Å²) in [5, 5.41) is 3.64. The second kappa shape index (κ2) is 7.26. The van der Waals surface area contributed by atoms with Crippen molar-refractivity contribution in [3.8, 4) is 5.75 Å². The maximum atomic E-state index is 11.9. The van der Waals surface area contributed by atoms with Crippen LogP contribution >= 0.6 is 0 Å². The Morgan fingerprint density at radius 2 is 1.73 bits per heavy atom. The van der Waals surface area contributed by atoms with Crippen molar-refractivity contribution in [2.75, 3.05) is 0 Å². The van der Waals surface area contributed by atoms with E-state index in [0.29, 0.717) is 11.3 Å². The highest BCUT2D eigenvalue weighted by molar-refractivity contribution is 5.97. The monoisotopic (exact) mass is 298 g/mol. The highest BCUT2D eigenvalue weighted by Gasteiger charge is 2.17. The van der Waals surface area contributed by atoms with E-state index in [1.807, 2.05) is 43.3 Å². The Balaban J connectivity index is 1.96. The highest BCUT2D eigenvalue weighted by Crippen LogP contribution is 2.18. The van der Waals surface area contributed by atoms with E-state index < -0.39 is 12.1 Å². The van der Waals surface area contributed by atoms with Gasteiger partial charge in [-0.25, -0.2) is 4.79 Å². The van der Waals surface area contributed by atoms with Gasteiger partial charge in [-0.15, -0.1) is 0 Å². The number of nitrogens with two attached hydrogens (primary N) is 1. The van der Waals surface area contributed by atoms with Gasteiger partial charge in [-0.3, -0.25) is 0 Å². The lowest BCUT2D eigenvalue weighted by Crippen LogP contribution is -2.26. The van der Waals surface area contributed by atoms with Gasteiger partial charge >= 0.3 is 5.97 Å². The lowest BCUT2D eigenvalue weighted by atomic mass is 10.2. The van der Waals surface area contributed by atoms with Gasteiger partial charge in [0, 0.05) is 5.56 Å². The first-order chi connectivity index (χ1) is 10.6. The quantitative estimate of drug-likeness (QED) is 0.398. The minimum Gasteiger partial charge on any atom is -0.479 e. The average molecular weight is 298 g/mol. The SMILES string of the molecule is Cc1ccccc1O[C@H](C)C(=O)O/N=C(/N)c1ccccc1. The lowest BCUT2D eigenvalue weighted by molar-refractivity contribution is -0.151. The molecule has 0 amide bonds. The van der Waals surface area contributed by atoms with Crippen LogP contribution in [0, 0.1) is 6.92 Å². The van der Waals surface area contributed by atoms with E-state index in [4.69, 9.17) is 15.3 Å². The van der Waals surface area contributed by atoms with Gasteiger partial charge in [0.05, 0.1) is 0 Å². The zero-order valence-electron chi connectivity index (χ0n) is 12.5.